The van der Waals surface area contributed by atoms with Crippen molar-refractivity contribution in [3.05, 3.63) is 47.6 Å². The minimum absolute atomic E-state index is 0.0267. The molecule has 0 aromatic rings. The van der Waals surface area contributed by atoms with E-state index in [2.05, 4.69) is 13.5 Å². The normalized spacial score (nSPS) is 32.9. The average Bonchev–Trinajstić information content (AvgIpc) is 3.21. The van der Waals surface area contributed by atoms with E-state index in [4.69, 9.17) is 0 Å². The largest absolute Gasteiger partial charge is 0.429 e. The Morgan fingerprint density at radius 1 is 0.977 bits per heavy atom. The van der Waals surface area contributed by atoms with E-state index in [0.717, 1.165) is 38.2 Å². The third-order valence-corrected chi connectivity index (χ3v) is 10.4. The van der Waals surface area contributed by atoms with Gasteiger partial charge in [0.05, 0.1) is 11.7 Å². The van der Waals surface area contributed by atoms with Gasteiger partial charge in [0.25, 0.3) is 5.60 Å². The molecular formula is C33H47F7O3. The first-order chi connectivity index (χ1) is 19.5. The van der Waals surface area contributed by atoms with E-state index in [1.165, 1.54) is 5.57 Å². The van der Waals surface area contributed by atoms with Gasteiger partial charge in [-0.3, -0.25) is 0 Å². The lowest BCUT2D eigenvalue weighted by Gasteiger charge is -2.49. The van der Waals surface area contributed by atoms with Gasteiger partial charge < -0.3 is 15.3 Å². The van der Waals surface area contributed by atoms with Gasteiger partial charge in [0.15, 0.2) is 0 Å². The Kier molecular flexibility index (Phi) is 10.5. The van der Waals surface area contributed by atoms with Crippen LogP contribution in [0.5, 0.6) is 0 Å². The van der Waals surface area contributed by atoms with Crippen LogP contribution in [0.15, 0.2) is 47.6 Å². The number of halogens is 7. The Morgan fingerprint density at radius 2 is 1.60 bits per heavy atom. The Bertz CT molecular complexity index is 1080. The Hall–Kier alpha value is -1.65. The number of rotatable bonds is 9. The number of hydrogen-bond donors (Lipinski definition) is 3. The van der Waals surface area contributed by atoms with Crippen LogP contribution in [0, 0.1) is 22.7 Å². The molecule has 0 saturated heterocycles. The summed E-state index contributed by atoms with van der Waals surface area (Å²) in [6.45, 7) is 11.2. The second-order valence-corrected chi connectivity index (χ2v) is 14.3. The fourth-order valence-electron chi connectivity index (χ4n) is 8.01. The molecule has 0 aliphatic heterocycles. The van der Waals surface area contributed by atoms with Crippen molar-refractivity contribution in [1.82, 2.24) is 0 Å². The summed E-state index contributed by atoms with van der Waals surface area (Å²) in [5.74, 6) is 0.0882. The van der Waals surface area contributed by atoms with Gasteiger partial charge in [-0.1, -0.05) is 50.6 Å². The summed E-state index contributed by atoms with van der Waals surface area (Å²) in [5, 5.41) is 30.0. The van der Waals surface area contributed by atoms with E-state index in [1.54, 1.807) is 13.8 Å². The molecule has 2 unspecified atom stereocenters. The lowest BCUT2D eigenvalue weighted by Crippen LogP contribution is -2.55. The third kappa shape index (κ3) is 7.78. The molecule has 3 aliphatic carbocycles. The van der Waals surface area contributed by atoms with E-state index < -0.39 is 41.2 Å². The number of aliphatic hydroxyl groups excluding tert-OH is 1. The predicted octanol–water partition coefficient (Wildman–Crippen LogP) is 8.85. The number of allylic oxidation sites excluding steroid dienone is 5. The zero-order chi connectivity index (χ0) is 32.6. The van der Waals surface area contributed by atoms with Crippen LogP contribution in [-0.4, -0.2) is 51.1 Å². The monoisotopic (exact) mass is 624 g/mol. The molecule has 246 valence electrons. The number of alkyl halides is 7. The maximum absolute atomic E-state index is 14.3. The molecule has 0 aromatic heterocycles. The van der Waals surface area contributed by atoms with Crippen molar-refractivity contribution in [2.24, 2.45) is 22.7 Å². The van der Waals surface area contributed by atoms with Gasteiger partial charge in [-0.05, 0) is 112 Å². The smallest absolute Gasteiger partial charge is 0.393 e. The van der Waals surface area contributed by atoms with Crippen molar-refractivity contribution >= 4 is 0 Å². The molecule has 0 bridgehead atoms. The van der Waals surface area contributed by atoms with Gasteiger partial charge in [-0.15, -0.1) is 0 Å². The zero-order valence-electron chi connectivity index (χ0n) is 25.6. The standard InChI is InChI=1S/C33H47F7O3/c1-21-23(19-24(41)20-26(21)34)11-10-22-9-6-17-30(5)25(22)12-13-27(30)29(4,15-7-14-28(2,3)42)16-8-18-31(43,32(35,36)37)33(38,39)40/h8,10-11,18,24-27,41-43H,1,6-7,9,12-17,19-20H2,2-5H3/b18-8+,22-10+,23-11-/t24?,25?,26-,27+,29+,30-/m0/s1. The van der Waals surface area contributed by atoms with Crippen LogP contribution in [-0.2, 0) is 0 Å². The number of hydrogen-bond acceptors (Lipinski definition) is 3. The van der Waals surface area contributed by atoms with Gasteiger partial charge in [0, 0.05) is 6.42 Å². The predicted molar refractivity (Wildman–Crippen MR) is 153 cm³/mol. The van der Waals surface area contributed by atoms with Crippen molar-refractivity contribution in [2.45, 2.75) is 134 Å². The summed E-state index contributed by atoms with van der Waals surface area (Å²) in [6, 6.07) is 0. The van der Waals surface area contributed by atoms with Crippen LogP contribution < -0.4 is 0 Å². The van der Waals surface area contributed by atoms with Gasteiger partial charge in [-0.25, -0.2) is 4.39 Å². The lowest BCUT2D eigenvalue weighted by molar-refractivity contribution is -0.347. The quantitative estimate of drug-likeness (QED) is 0.177. The van der Waals surface area contributed by atoms with Gasteiger partial charge in [0.2, 0.25) is 0 Å². The maximum atomic E-state index is 14.3. The SMILES string of the molecule is C=C1/C(=C\C=C2/CCC[C@@]3(C)C2CC[C@@H]3[C@@](C)(C/C=C/C(O)(C(F)(F)F)C(F)(F)F)CCCC(C)(C)O)CC(O)C[C@@H]1F. The topological polar surface area (TPSA) is 60.7 Å². The number of aliphatic hydroxyl groups is 3. The fraction of sp³-hybridized carbons (Fsp3) is 0.758. The molecule has 6 atom stereocenters. The zero-order valence-corrected chi connectivity index (χ0v) is 25.6. The highest BCUT2D eigenvalue weighted by Gasteiger charge is 2.69. The third-order valence-electron chi connectivity index (χ3n) is 10.4. The van der Waals surface area contributed by atoms with Crippen LogP contribution in [0.25, 0.3) is 0 Å². The molecule has 3 nitrogen and oxygen atoms in total. The molecule has 0 heterocycles. The molecule has 3 fully saturated rings. The molecule has 0 radical (unpaired) electrons. The van der Waals surface area contributed by atoms with Crippen molar-refractivity contribution < 1.29 is 46.1 Å². The molecule has 10 heteroatoms. The highest BCUT2D eigenvalue weighted by atomic mass is 19.4. The van der Waals surface area contributed by atoms with E-state index in [1.807, 2.05) is 19.1 Å². The summed E-state index contributed by atoms with van der Waals surface area (Å²) < 4.78 is 94.4. The van der Waals surface area contributed by atoms with E-state index >= 15 is 0 Å². The lowest BCUT2D eigenvalue weighted by atomic mass is 9.55. The number of fused-ring (bicyclic) bond motifs is 1. The molecule has 3 saturated carbocycles. The fourth-order valence-corrected chi connectivity index (χ4v) is 8.01. The first-order valence-electron chi connectivity index (χ1n) is 15.2. The minimum atomic E-state index is -5.93. The summed E-state index contributed by atoms with van der Waals surface area (Å²) in [4.78, 5) is 0. The molecule has 3 rings (SSSR count). The first-order valence-corrected chi connectivity index (χ1v) is 15.2. The Labute approximate surface area is 250 Å². The molecule has 3 aliphatic rings. The Morgan fingerprint density at radius 3 is 2.19 bits per heavy atom. The van der Waals surface area contributed by atoms with Crippen LogP contribution in [0.2, 0.25) is 0 Å². The molecule has 0 amide bonds. The molecule has 43 heavy (non-hydrogen) atoms. The van der Waals surface area contributed by atoms with E-state index in [9.17, 15) is 46.1 Å². The molecule has 0 aromatic carbocycles. The van der Waals surface area contributed by atoms with Gasteiger partial charge >= 0.3 is 12.4 Å². The van der Waals surface area contributed by atoms with Crippen LogP contribution in [0.4, 0.5) is 30.7 Å². The molecule has 3 N–H and O–H groups in total. The van der Waals surface area contributed by atoms with Gasteiger partial charge in [-0.2, -0.15) is 26.3 Å². The highest BCUT2D eigenvalue weighted by Crippen LogP contribution is 2.64. The minimum Gasteiger partial charge on any atom is -0.393 e. The van der Waals surface area contributed by atoms with Crippen LogP contribution in [0.3, 0.4) is 0 Å². The second-order valence-electron chi connectivity index (χ2n) is 14.3. The van der Waals surface area contributed by atoms with Crippen LogP contribution >= 0.6 is 0 Å². The average molecular weight is 625 g/mol. The maximum Gasteiger partial charge on any atom is 0.429 e. The highest BCUT2D eigenvalue weighted by molar-refractivity contribution is 5.39. The summed E-state index contributed by atoms with van der Waals surface area (Å²) >= 11 is 0. The van der Waals surface area contributed by atoms with Crippen molar-refractivity contribution in [3.8, 4) is 0 Å². The van der Waals surface area contributed by atoms with E-state index in [0.29, 0.717) is 36.8 Å². The second kappa shape index (κ2) is 12.6. The van der Waals surface area contributed by atoms with Crippen molar-refractivity contribution in [1.29, 1.82) is 0 Å². The first kappa shape index (κ1) is 35.8. The summed E-state index contributed by atoms with van der Waals surface area (Å²) in [7, 11) is 0. The van der Waals surface area contributed by atoms with Crippen molar-refractivity contribution in [3.63, 3.8) is 0 Å². The Balaban J connectivity index is 1.93. The molecular weight excluding hydrogens is 577 g/mol. The van der Waals surface area contributed by atoms with Crippen LogP contribution in [0.1, 0.15) is 98.3 Å². The van der Waals surface area contributed by atoms with E-state index in [-0.39, 0.29) is 36.2 Å². The molecule has 0 spiro atoms. The van der Waals surface area contributed by atoms with Gasteiger partial charge in [0.1, 0.15) is 6.17 Å². The summed E-state index contributed by atoms with van der Waals surface area (Å²) in [5.41, 5.74) is -4.69. The summed E-state index contributed by atoms with van der Waals surface area (Å²) in [6.07, 6.45) is -3.71. The van der Waals surface area contributed by atoms with Crippen molar-refractivity contribution in [2.75, 3.05) is 0 Å².